The van der Waals surface area contributed by atoms with Crippen LogP contribution in [0.5, 0.6) is 0 Å². The molecule has 0 spiro atoms. The standard InChI is InChI=1S/C20H25N7O/c1-3-26(2)17-10-18(25-13-24-17)27-12-16(28)9-15(27)11-23-20-19-14(6-8-22-20)5-4-7-21-19/h4-8,10,13,15-16,28H,3,9,11-12H2,1-2H3,(H,22,23)/t15-,16-/m1/s1. The molecule has 1 fully saturated rings. The SMILES string of the molecule is CCN(C)c1cc(N2C[C@H](O)C[C@@H]2CNc2nccc3cccnc23)ncn1. The zero-order chi connectivity index (χ0) is 19.5. The number of anilines is 3. The zero-order valence-electron chi connectivity index (χ0n) is 16.2. The van der Waals surface area contributed by atoms with E-state index >= 15 is 0 Å². The third-order valence-corrected chi connectivity index (χ3v) is 5.22. The monoisotopic (exact) mass is 379 g/mol. The van der Waals surface area contributed by atoms with Crippen molar-refractivity contribution < 1.29 is 5.11 Å². The quantitative estimate of drug-likeness (QED) is 0.671. The van der Waals surface area contributed by atoms with Gasteiger partial charge < -0.3 is 20.2 Å². The van der Waals surface area contributed by atoms with Crippen molar-refractivity contribution in [3.8, 4) is 0 Å². The molecular weight excluding hydrogens is 354 g/mol. The van der Waals surface area contributed by atoms with Crippen LogP contribution in [0.4, 0.5) is 17.5 Å². The van der Waals surface area contributed by atoms with Gasteiger partial charge in [0.1, 0.15) is 23.5 Å². The summed E-state index contributed by atoms with van der Waals surface area (Å²) in [5, 5.41) is 14.7. The molecular formula is C20H25N7O. The van der Waals surface area contributed by atoms with E-state index in [1.165, 1.54) is 0 Å². The number of fused-ring (bicyclic) bond motifs is 1. The summed E-state index contributed by atoms with van der Waals surface area (Å²) < 4.78 is 0. The Hall–Kier alpha value is -3.00. The lowest BCUT2D eigenvalue weighted by Gasteiger charge is -2.27. The van der Waals surface area contributed by atoms with Crippen LogP contribution < -0.4 is 15.1 Å². The van der Waals surface area contributed by atoms with Crippen molar-refractivity contribution >= 4 is 28.4 Å². The van der Waals surface area contributed by atoms with Crippen LogP contribution in [0.3, 0.4) is 0 Å². The fraction of sp³-hybridized carbons (Fsp3) is 0.400. The summed E-state index contributed by atoms with van der Waals surface area (Å²) in [6, 6.07) is 7.97. The molecule has 0 bridgehead atoms. The molecule has 4 rings (SSSR count). The van der Waals surface area contributed by atoms with Crippen molar-refractivity contribution in [1.82, 2.24) is 19.9 Å². The Bertz CT molecular complexity index is 945. The van der Waals surface area contributed by atoms with Gasteiger partial charge in [-0.05, 0) is 25.5 Å². The summed E-state index contributed by atoms with van der Waals surface area (Å²) in [6.07, 6.45) is 5.43. The number of nitrogens with zero attached hydrogens (tertiary/aromatic N) is 6. The maximum Gasteiger partial charge on any atom is 0.152 e. The molecule has 0 amide bonds. The number of pyridine rings is 2. The molecule has 1 aliphatic heterocycles. The smallest absolute Gasteiger partial charge is 0.152 e. The maximum atomic E-state index is 10.3. The minimum atomic E-state index is -0.382. The number of aromatic nitrogens is 4. The molecule has 4 heterocycles. The minimum absolute atomic E-state index is 0.102. The van der Waals surface area contributed by atoms with Gasteiger partial charge >= 0.3 is 0 Å². The third kappa shape index (κ3) is 3.68. The van der Waals surface area contributed by atoms with Crippen molar-refractivity contribution in [1.29, 1.82) is 0 Å². The molecule has 0 aromatic carbocycles. The van der Waals surface area contributed by atoms with Crippen LogP contribution in [-0.2, 0) is 0 Å². The Morgan fingerprint density at radius 1 is 1.21 bits per heavy atom. The molecule has 1 saturated heterocycles. The van der Waals surface area contributed by atoms with Crippen molar-refractivity contribution in [3.05, 3.63) is 43.0 Å². The summed E-state index contributed by atoms with van der Waals surface area (Å²) in [5.41, 5.74) is 0.851. The molecule has 146 valence electrons. The predicted octanol–water partition coefficient (Wildman–Crippen LogP) is 1.93. The van der Waals surface area contributed by atoms with Crippen LogP contribution in [0.15, 0.2) is 43.0 Å². The molecule has 0 unspecified atom stereocenters. The molecule has 0 aliphatic carbocycles. The van der Waals surface area contributed by atoms with Gasteiger partial charge in [0.2, 0.25) is 0 Å². The van der Waals surface area contributed by atoms with Gasteiger partial charge in [-0.15, -0.1) is 0 Å². The second kappa shape index (κ2) is 7.93. The molecule has 1 aliphatic rings. The first kappa shape index (κ1) is 18.4. The molecule has 2 N–H and O–H groups in total. The van der Waals surface area contributed by atoms with E-state index in [9.17, 15) is 5.11 Å². The van der Waals surface area contributed by atoms with Crippen LogP contribution in [0.25, 0.3) is 10.9 Å². The summed E-state index contributed by atoms with van der Waals surface area (Å²) >= 11 is 0. The van der Waals surface area contributed by atoms with Crippen molar-refractivity contribution in [3.63, 3.8) is 0 Å². The Morgan fingerprint density at radius 2 is 2.11 bits per heavy atom. The number of β-amino-alcohol motifs (C(OH)–C–C–N with tert-alkyl or cyclic N) is 1. The Morgan fingerprint density at radius 3 is 2.96 bits per heavy atom. The highest BCUT2D eigenvalue weighted by molar-refractivity contribution is 5.87. The van der Waals surface area contributed by atoms with Crippen molar-refractivity contribution in [2.24, 2.45) is 0 Å². The van der Waals surface area contributed by atoms with E-state index in [0.29, 0.717) is 19.5 Å². The van der Waals surface area contributed by atoms with E-state index in [4.69, 9.17) is 0 Å². The minimum Gasteiger partial charge on any atom is -0.391 e. The fourth-order valence-electron chi connectivity index (χ4n) is 3.58. The maximum absolute atomic E-state index is 10.3. The van der Waals surface area contributed by atoms with Gasteiger partial charge in [0, 0.05) is 50.5 Å². The number of aliphatic hydroxyl groups is 1. The van der Waals surface area contributed by atoms with Gasteiger partial charge in [-0.25, -0.2) is 15.0 Å². The lowest BCUT2D eigenvalue weighted by Crippen LogP contribution is -2.36. The first-order valence-corrected chi connectivity index (χ1v) is 9.57. The molecule has 3 aromatic rings. The van der Waals surface area contributed by atoms with Crippen LogP contribution in [0.2, 0.25) is 0 Å². The van der Waals surface area contributed by atoms with E-state index in [2.05, 4.69) is 42.0 Å². The van der Waals surface area contributed by atoms with Crippen LogP contribution >= 0.6 is 0 Å². The largest absolute Gasteiger partial charge is 0.391 e. The molecule has 8 heteroatoms. The highest BCUT2D eigenvalue weighted by atomic mass is 16.3. The van der Waals surface area contributed by atoms with Crippen LogP contribution in [0.1, 0.15) is 13.3 Å². The molecule has 2 atom stereocenters. The second-order valence-corrected chi connectivity index (χ2v) is 7.06. The van der Waals surface area contributed by atoms with Crippen molar-refractivity contribution in [2.45, 2.75) is 25.5 Å². The first-order chi connectivity index (χ1) is 13.7. The first-order valence-electron chi connectivity index (χ1n) is 9.57. The summed E-state index contributed by atoms with van der Waals surface area (Å²) in [5.74, 6) is 2.46. The molecule has 8 nitrogen and oxygen atoms in total. The number of aliphatic hydroxyl groups excluding tert-OH is 1. The van der Waals surface area contributed by atoms with E-state index in [0.717, 1.165) is 34.9 Å². The average Bonchev–Trinajstić information content (AvgIpc) is 3.12. The zero-order valence-corrected chi connectivity index (χ0v) is 16.2. The Kier molecular flexibility index (Phi) is 5.21. The van der Waals surface area contributed by atoms with E-state index in [-0.39, 0.29) is 12.1 Å². The van der Waals surface area contributed by atoms with Gasteiger partial charge in [0.25, 0.3) is 0 Å². The average molecular weight is 379 g/mol. The Balaban J connectivity index is 1.53. The van der Waals surface area contributed by atoms with Gasteiger partial charge in [-0.1, -0.05) is 6.07 Å². The predicted molar refractivity (Wildman–Crippen MR) is 111 cm³/mol. The Labute approximate surface area is 164 Å². The fourth-order valence-corrected chi connectivity index (χ4v) is 3.58. The summed E-state index contributed by atoms with van der Waals surface area (Å²) in [6.45, 7) is 4.14. The normalized spacial score (nSPS) is 19.2. The lowest BCUT2D eigenvalue weighted by atomic mass is 10.2. The third-order valence-electron chi connectivity index (χ3n) is 5.22. The van der Waals surface area contributed by atoms with E-state index < -0.39 is 0 Å². The highest BCUT2D eigenvalue weighted by Crippen LogP contribution is 2.27. The number of hydrogen-bond acceptors (Lipinski definition) is 8. The summed E-state index contributed by atoms with van der Waals surface area (Å²) in [7, 11) is 2.00. The lowest BCUT2D eigenvalue weighted by molar-refractivity contribution is 0.194. The number of nitrogens with one attached hydrogen (secondary N) is 1. The highest BCUT2D eigenvalue weighted by Gasteiger charge is 2.32. The second-order valence-electron chi connectivity index (χ2n) is 7.06. The van der Waals surface area contributed by atoms with Gasteiger partial charge in [-0.3, -0.25) is 4.98 Å². The van der Waals surface area contributed by atoms with E-state index in [1.54, 1.807) is 18.7 Å². The summed E-state index contributed by atoms with van der Waals surface area (Å²) in [4.78, 5) is 21.9. The molecule has 0 radical (unpaired) electrons. The van der Waals surface area contributed by atoms with Crippen LogP contribution in [0, 0.1) is 0 Å². The molecule has 3 aromatic heterocycles. The van der Waals surface area contributed by atoms with Gasteiger partial charge in [-0.2, -0.15) is 0 Å². The topological polar surface area (TPSA) is 90.3 Å². The molecule has 0 saturated carbocycles. The molecule has 28 heavy (non-hydrogen) atoms. The number of hydrogen-bond donors (Lipinski definition) is 2. The van der Waals surface area contributed by atoms with E-state index in [1.807, 2.05) is 31.3 Å². The van der Waals surface area contributed by atoms with Gasteiger partial charge in [0.15, 0.2) is 5.82 Å². The van der Waals surface area contributed by atoms with Gasteiger partial charge in [0.05, 0.1) is 12.1 Å². The van der Waals surface area contributed by atoms with Crippen LogP contribution in [-0.4, -0.2) is 63.9 Å². The van der Waals surface area contributed by atoms with Crippen molar-refractivity contribution in [2.75, 3.05) is 41.8 Å². The number of rotatable bonds is 6.